The van der Waals surface area contributed by atoms with Crippen LogP contribution in [0.5, 0.6) is 0 Å². The molecule has 0 spiro atoms. The van der Waals surface area contributed by atoms with Crippen LogP contribution >= 0.6 is 0 Å². The van der Waals surface area contributed by atoms with E-state index in [2.05, 4.69) is 5.32 Å². The number of hydroxylamine groups is 1. The standard InChI is InChI=1S/C21H17FN2O3/c22-17-10-6-16(7-11-17)20(25)23-18-12-8-15(9-13-18)19(21(26)24-27)14-4-2-1-3-5-14/h1-13,19,27H,(H,23,25)(H,24,26). The Kier molecular flexibility index (Phi) is 5.58. The zero-order valence-electron chi connectivity index (χ0n) is 14.2. The van der Waals surface area contributed by atoms with Crippen LogP contribution in [0.25, 0.3) is 0 Å². The minimum Gasteiger partial charge on any atom is -0.322 e. The molecule has 2 amide bonds. The van der Waals surface area contributed by atoms with Gasteiger partial charge in [0.25, 0.3) is 11.8 Å². The molecule has 27 heavy (non-hydrogen) atoms. The first kappa shape index (κ1) is 18.3. The summed E-state index contributed by atoms with van der Waals surface area (Å²) in [6, 6.07) is 21.0. The lowest BCUT2D eigenvalue weighted by molar-refractivity contribution is -0.129. The summed E-state index contributed by atoms with van der Waals surface area (Å²) in [4.78, 5) is 24.3. The summed E-state index contributed by atoms with van der Waals surface area (Å²) in [7, 11) is 0. The zero-order valence-corrected chi connectivity index (χ0v) is 14.2. The van der Waals surface area contributed by atoms with Gasteiger partial charge in [-0.1, -0.05) is 42.5 Å². The van der Waals surface area contributed by atoms with Gasteiger partial charge in [-0.05, 0) is 47.5 Å². The molecule has 1 unspecified atom stereocenters. The van der Waals surface area contributed by atoms with Crippen molar-refractivity contribution in [3.8, 4) is 0 Å². The smallest absolute Gasteiger partial charge is 0.255 e. The van der Waals surface area contributed by atoms with Crippen molar-refractivity contribution in [2.75, 3.05) is 5.32 Å². The summed E-state index contributed by atoms with van der Waals surface area (Å²) in [6.07, 6.45) is 0. The van der Waals surface area contributed by atoms with Crippen molar-refractivity contribution in [3.05, 3.63) is 101 Å². The lowest BCUT2D eigenvalue weighted by atomic mass is 9.90. The first-order chi connectivity index (χ1) is 13.1. The second kappa shape index (κ2) is 8.25. The van der Waals surface area contributed by atoms with Gasteiger partial charge in [-0.2, -0.15) is 0 Å². The lowest BCUT2D eigenvalue weighted by Crippen LogP contribution is -2.27. The highest BCUT2D eigenvalue weighted by atomic mass is 19.1. The monoisotopic (exact) mass is 364 g/mol. The average molecular weight is 364 g/mol. The van der Waals surface area contributed by atoms with Crippen LogP contribution in [0.4, 0.5) is 10.1 Å². The zero-order chi connectivity index (χ0) is 19.2. The number of nitrogens with one attached hydrogen (secondary N) is 2. The van der Waals surface area contributed by atoms with Gasteiger partial charge in [-0.3, -0.25) is 14.8 Å². The molecule has 3 aromatic carbocycles. The van der Waals surface area contributed by atoms with Gasteiger partial charge in [0.2, 0.25) is 0 Å². The SMILES string of the molecule is O=C(Nc1ccc(C(C(=O)NO)c2ccccc2)cc1)c1ccc(F)cc1. The molecule has 5 nitrogen and oxygen atoms in total. The Balaban J connectivity index is 1.80. The Hall–Kier alpha value is -3.51. The van der Waals surface area contributed by atoms with E-state index in [4.69, 9.17) is 5.21 Å². The predicted octanol–water partition coefficient (Wildman–Crippen LogP) is 3.72. The molecule has 3 aromatic rings. The molecule has 0 fully saturated rings. The van der Waals surface area contributed by atoms with E-state index in [0.717, 1.165) is 5.56 Å². The molecule has 6 heteroatoms. The fraction of sp³-hybridized carbons (Fsp3) is 0.0476. The van der Waals surface area contributed by atoms with Crippen molar-refractivity contribution < 1.29 is 19.2 Å². The normalized spacial score (nSPS) is 11.5. The molecule has 3 N–H and O–H groups in total. The molecule has 0 saturated heterocycles. The number of rotatable bonds is 5. The van der Waals surface area contributed by atoms with Gasteiger partial charge >= 0.3 is 0 Å². The van der Waals surface area contributed by atoms with Crippen LogP contribution in [0.2, 0.25) is 0 Å². The highest BCUT2D eigenvalue weighted by Gasteiger charge is 2.22. The minimum atomic E-state index is -0.682. The summed E-state index contributed by atoms with van der Waals surface area (Å²) in [5.74, 6) is -2.01. The van der Waals surface area contributed by atoms with E-state index in [1.807, 2.05) is 18.2 Å². The molecule has 0 aromatic heterocycles. The van der Waals surface area contributed by atoms with Gasteiger partial charge in [-0.15, -0.1) is 0 Å². The fourth-order valence-corrected chi connectivity index (χ4v) is 2.77. The Morgan fingerprint density at radius 2 is 1.41 bits per heavy atom. The third kappa shape index (κ3) is 4.37. The molecule has 1 atom stereocenters. The Bertz CT molecular complexity index is 926. The lowest BCUT2D eigenvalue weighted by Gasteiger charge is -2.16. The number of benzene rings is 3. The van der Waals surface area contributed by atoms with Crippen molar-refractivity contribution in [2.45, 2.75) is 5.92 Å². The Morgan fingerprint density at radius 1 is 0.815 bits per heavy atom. The third-order valence-corrected chi connectivity index (χ3v) is 4.11. The van der Waals surface area contributed by atoms with Crippen LogP contribution in [-0.2, 0) is 4.79 Å². The summed E-state index contributed by atoms with van der Waals surface area (Å²) in [5, 5.41) is 11.8. The van der Waals surface area contributed by atoms with Crippen LogP contribution in [0.15, 0.2) is 78.9 Å². The van der Waals surface area contributed by atoms with Crippen LogP contribution < -0.4 is 10.8 Å². The maximum absolute atomic E-state index is 12.9. The van der Waals surface area contributed by atoms with Crippen molar-refractivity contribution in [2.24, 2.45) is 0 Å². The van der Waals surface area contributed by atoms with Gasteiger partial charge in [0, 0.05) is 11.3 Å². The van der Waals surface area contributed by atoms with E-state index in [0.29, 0.717) is 16.8 Å². The first-order valence-electron chi connectivity index (χ1n) is 8.24. The molecule has 0 aliphatic carbocycles. The molecular formula is C21H17FN2O3. The van der Waals surface area contributed by atoms with Gasteiger partial charge in [0.05, 0.1) is 5.92 Å². The maximum Gasteiger partial charge on any atom is 0.255 e. The number of amides is 2. The van der Waals surface area contributed by atoms with E-state index in [1.54, 1.807) is 41.9 Å². The average Bonchev–Trinajstić information content (AvgIpc) is 2.70. The van der Waals surface area contributed by atoms with E-state index in [1.165, 1.54) is 24.3 Å². The largest absolute Gasteiger partial charge is 0.322 e. The van der Waals surface area contributed by atoms with Crippen LogP contribution in [-0.4, -0.2) is 17.0 Å². The molecule has 0 heterocycles. The summed E-state index contributed by atoms with van der Waals surface area (Å²) >= 11 is 0. The highest BCUT2D eigenvalue weighted by molar-refractivity contribution is 6.04. The van der Waals surface area contributed by atoms with Gasteiger partial charge in [0.1, 0.15) is 5.82 Å². The first-order valence-corrected chi connectivity index (χ1v) is 8.24. The fourth-order valence-electron chi connectivity index (χ4n) is 2.77. The second-order valence-corrected chi connectivity index (χ2v) is 5.90. The number of anilines is 1. The molecule has 0 saturated carbocycles. The van der Waals surface area contributed by atoms with Crippen LogP contribution in [0.3, 0.4) is 0 Å². The Labute approximate surface area is 155 Å². The second-order valence-electron chi connectivity index (χ2n) is 5.90. The Morgan fingerprint density at radius 3 is 2.00 bits per heavy atom. The van der Waals surface area contributed by atoms with E-state index >= 15 is 0 Å². The van der Waals surface area contributed by atoms with Crippen LogP contribution in [0, 0.1) is 5.82 Å². The highest BCUT2D eigenvalue weighted by Crippen LogP contribution is 2.26. The quantitative estimate of drug-likeness (QED) is 0.477. The van der Waals surface area contributed by atoms with E-state index in [9.17, 15) is 14.0 Å². The van der Waals surface area contributed by atoms with Gasteiger partial charge in [0.15, 0.2) is 0 Å². The molecule has 136 valence electrons. The van der Waals surface area contributed by atoms with E-state index < -0.39 is 17.6 Å². The summed E-state index contributed by atoms with van der Waals surface area (Å²) < 4.78 is 12.9. The molecule has 0 aliphatic heterocycles. The summed E-state index contributed by atoms with van der Waals surface area (Å²) in [6.45, 7) is 0. The molecule has 3 rings (SSSR count). The number of halogens is 1. The number of hydrogen-bond donors (Lipinski definition) is 3. The summed E-state index contributed by atoms with van der Waals surface area (Å²) in [5.41, 5.74) is 3.95. The molecule has 0 aliphatic rings. The number of hydrogen-bond acceptors (Lipinski definition) is 3. The van der Waals surface area contributed by atoms with Crippen molar-refractivity contribution in [3.63, 3.8) is 0 Å². The minimum absolute atomic E-state index is 0.335. The van der Waals surface area contributed by atoms with Crippen molar-refractivity contribution in [1.29, 1.82) is 0 Å². The predicted molar refractivity (Wildman–Crippen MR) is 99.0 cm³/mol. The van der Waals surface area contributed by atoms with E-state index in [-0.39, 0.29) is 5.91 Å². The van der Waals surface area contributed by atoms with Crippen molar-refractivity contribution in [1.82, 2.24) is 5.48 Å². The van der Waals surface area contributed by atoms with Gasteiger partial charge < -0.3 is 5.32 Å². The molecule has 0 bridgehead atoms. The number of carbonyl (C=O) groups excluding carboxylic acids is 2. The molecular weight excluding hydrogens is 347 g/mol. The maximum atomic E-state index is 12.9. The van der Waals surface area contributed by atoms with Gasteiger partial charge in [-0.25, -0.2) is 9.87 Å². The number of carbonyl (C=O) groups is 2. The van der Waals surface area contributed by atoms with Crippen LogP contribution in [0.1, 0.15) is 27.4 Å². The molecule has 0 radical (unpaired) electrons. The topological polar surface area (TPSA) is 78.4 Å². The van der Waals surface area contributed by atoms with Crippen molar-refractivity contribution >= 4 is 17.5 Å². The third-order valence-electron chi connectivity index (χ3n) is 4.11.